The third-order valence-corrected chi connectivity index (χ3v) is 6.49. The van der Waals surface area contributed by atoms with Crippen molar-refractivity contribution in [3.05, 3.63) is 87.6 Å². The molecule has 1 aromatic heterocycles. The summed E-state index contributed by atoms with van der Waals surface area (Å²) in [5, 5.41) is 14.1. The summed E-state index contributed by atoms with van der Waals surface area (Å²) in [6.45, 7) is 4.79. The topological polar surface area (TPSA) is 129 Å². The molecule has 2 aromatic carbocycles. The molecule has 1 saturated heterocycles. The first kappa shape index (κ1) is 24.6. The number of nitrogens with one attached hydrogen (secondary N) is 1. The predicted molar refractivity (Wildman–Crippen MR) is 132 cm³/mol. The maximum Gasteiger partial charge on any atom is 0.415 e. The van der Waals surface area contributed by atoms with E-state index in [-0.39, 0.29) is 30.2 Å². The van der Waals surface area contributed by atoms with Crippen molar-refractivity contribution in [1.29, 1.82) is 0 Å². The number of imidazole rings is 1. The van der Waals surface area contributed by atoms with Gasteiger partial charge in [0.1, 0.15) is 24.4 Å². The number of benzene rings is 2. The van der Waals surface area contributed by atoms with E-state index in [0.29, 0.717) is 37.3 Å². The van der Waals surface area contributed by atoms with E-state index >= 15 is 0 Å². The quantitative estimate of drug-likeness (QED) is 0.212. The number of rotatable bonds is 8. The van der Waals surface area contributed by atoms with Gasteiger partial charge in [0.2, 0.25) is 0 Å². The van der Waals surface area contributed by atoms with Gasteiger partial charge < -0.3 is 24.9 Å². The number of carbonyl (C=O) groups is 2. The maximum atomic E-state index is 12.8. The van der Waals surface area contributed by atoms with E-state index in [4.69, 9.17) is 9.47 Å². The minimum atomic E-state index is -0.609. The molecule has 2 aliphatic heterocycles. The van der Waals surface area contributed by atoms with E-state index in [1.807, 2.05) is 25.1 Å². The van der Waals surface area contributed by atoms with Gasteiger partial charge in [-0.2, -0.15) is 0 Å². The van der Waals surface area contributed by atoms with Gasteiger partial charge in [-0.1, -0.05) is 54.6 Å². The van der Waals surface area contributed by atoms with E-state index in [1.54, 1.807) is 41.0 Å². The number of carbonyl (C=O) groups excluding carboxylic acids is 2. The van der Waals surface area contributed by atoms with Crippen LogP contribution in [0.25, 0.3) is 0 Å². The van der Waals surface area contributed by atoms with E-state index in [0.717, 1.165) is 12.1 Å². The molecule has 3 heterocycles. The monoisotopic (exact) mass is 505 g/mol. The minimum Gasteiger partial charge on any atom is -0.460 e. The van der Waals surface area contributed by atoms with Crippen molar-refractivity contribution in [2.24, 2.45) is 0 Å². The molecule has 2 unspecified atom stereocenters. The second-order valence-corrected chi connectivity index (χ2v) is 9.56. The van der Waals surface area contributed by atoms with E-state index in [1.165, 1.54) is 6.20 Å². The van der Waals surface area contributed by atoms with Crippen molar-refractivity contribution in [1.82, 2.24) is 19.8 Å². The number of nitrogens with zero attached hydrogens (tertiary/aromatic N) is 4. The lowest BCUT2D eigenvalue weighted by Crippen LogP contribution is -2.58. The Kier molecular flexibility index (Phi) is 6.72. The molecule has 0 saturated carbocycles. The number of ketones is 1. The van der Waals surface area contributed by atoms with Crippen molar-refractivity contribution in [2.75, 3.05) is 26.2 Å². The number of piperazine rings is 1. The fourth-order valence-electron chi connectivity index (χ4n) is 4.71. The molecule has 37 heavy (non-hydrogen) atoms. The van der Waals surface area contributed by atoms with Gasteiger partial charge in [0.05, 0.1) is 6.54 Å². The summed E-state index contributed by atoms with van der Waals surface area (Å²) in [7, 11) is 0. The molecular formula is C26H27N5O6. The van der Waals surface area contributed by atoms with Crippen LogP contribution in [0.1, 0.15) is 28.4 Å². The number of aromatic nitrogens is 2. The van der Waals surface area contributed by atoms with Gasteiger partial charge in [0.25, 0.3) is 0 Å². The second kappa shape index (κ2) is 10.1. The van der Waals surface area contributed by atoms with Crippen LogP contribution in [-0.4, -0.2) is 68.9 Å². The fraction of sp³-hybridized carbons (Fsp3) is 0.346. The lowest BCUT2D eigenvalue weighted by atomic mass is 10.0. The normalized spacial score (nSPS) is 21.2. The van der Waals surface area contributed by atoms with E-state index < -0.39 is 16.6 Å². The van der Waals surface area contributed by atoms with Crippen LogP contribution in [0, 0.1) is 10.1 Å². The summed E-state index contributed by atoms with van der Waals surface area (Å²) in [6, 6.07) is 15.9. The minimum absolute atomic E-state index is 0.0580. The Labute approximate surface area is 213 Å². The molecule has 2 aliphatic rings. The molecule has 0 amide bonds. The van der Waals surface area contributed by atoms with Crippen molar-refractivity contribution in [3.8, 4) is 6.01 Å². The van der Waals surface area contributed by atoms with Crippen LogP contribution in [0.15, 0.2) is 60.8 Å². The smallest absolute Gasteiger partial charge is 0.415 e. The van der Waals surface area contributed by atoms with Crippen LogP contribution >= 0.6 is 0 Å². The third kappa shape index (κ3) is 5.52. The average Bonchev–Trinajstić information content (AvgIpc) is 3.43. The molecule has 1 N–H and O–H groups in total. The zero-order valence-corrected chi connectivity index (χ0v) is 20.3. The first-order chi connectivity index (χ1) is 17.8. The molecule has 0 bridgehead atoms. The maximum absolute atomic E-state index is 12.8. The molecule has 2 atom stereocenters. The summed E-state index contributed by atoms with van der Waals surface area (Å²) >= 11 is 0. The van der Waals surface area contributed by atoms with Gasteiger partial charge in [-0.05, 0) is 17.4 Å². The predicted octanol–water partition coefficient (Wildman–Crippen LogP) is 2.19. The second-order valence-electron chi connectivity index (χ2n) is 9.56. The number of hydrogen-bond donors (Lipinski definition) is 1. The fourth-order valence-corrected chi connectivity index (χ4v) is 4.71. The average molecular weight is 506 g/mol. The van der Waals surface area contributed by atoms with Gasteiger partial charge in [-0.3, -0.25) is 19.1 Å². The van der Waals surface area contributed by atoms with E-state index in [2.05, 4.69) is 15.2 Å². The van der Waals surface area contributed by atoms with Crippen molar-refractivity contribution in [3.63, 3.8) is 0 Å². The van der Waals surface area contributed by atoms with Gasteiger partial charge in [0.15, 0.2) is 5.78 Å². The SMILES string of the molecule is CC1(CN2CCNC(C(=O)OCc3ccc(C(=O)c4ccccc4)cc3)C2)Cn2cc([N+](=O)[O-])nc2O1. The summed E-state index contributed by atoms with van der Waals surface area (Å²) in [6.07, 6.45) is 1.38. The highest BCUT2D eigenvalue weighted by Crippen LogP contribution is 2.31. The molecule has 0 aliphatic carbocycles. The molecule has 0 spiro atoms. The molecule has 1 fully saturated rings. The van der Waals surface area contributed by atoms with Crippen LogP contribution in [0.2, 0.25) is 0 Å². The van der Waals surface area contributed by atoms with Gasteiger partial charge in [-0.25, -0.2) is 0 Å². The van der Waals surface area contributed by atoms with Crippen LogP contribution in [-0.2, 0) is 22.7 Å². The molecule has 192 valence electrons. The van der Waals surface area contributed by atoms with Crippen molar-refractivity contribution < 1.29 is 24.0 Å². The van der Waals surface area contributed by atoms with Gasteiger partial charge >= 0.3 is 17.8 Å². The third-order valence-electron chi connectivity index (χ3n) is 6.49. The Hall–Kier alpha value is -4.09. The van der Waals surface area contributed by atoms with Crippen LogP contribution in [0.3, 0.4) is 0 Å². The standard InChI is InChI=1S/C26H27N5O6/c1-26(17-30-14-22(31(34)35)28-25(30)37-26)16-29-12-11-27-21(13-29)24(33)36-15-18-7-9-20(10-8-18)23(32)19-5-3-2-4-6-19/h2-10,14,21,27H,11-13,15-17H2,1H3. The van der Waals surface area contributed by atoms with Crippen LogP contribution in [0.5, 0.6) is 6.01 Å². The summed E-state index contributed by atoms with van der Waals surface area (Å²) in [5.41, 5.74) is 1.38. The Morgan fingerprint density at radius 1 is 1.19 bits per heavy atom. The number of fused-ring (bicyclic) bond motifs is 1. The molecule has 11 nitrogen and oxygen atoms in total. The summed E-state index contributed by atoms with van der Waals surface area (Å²) < 4.78 is 13.1. The molecule has 11 heteroatoms. The van der Waals surface area contributed by atoms with Crippen molar-refractivity contribution in [2.45, 2.75) is 31.7 Å². The van der Waals surface area contributed by atoms with Crippen LogP contribution in [0.4, 0.5) is 5.82 Å². The lowest BCUT2D eigenvalue weighted by Gasteiger charge is -2.36. The summed E-state index contributed by atoms with van der Waals surface area (Å²) in [5.74, 6) is -0.646. The molecule has 5 rings (SSSR count). The highest BCUT2D eigenvalue weighted by molar-refractivity contribution is 6.08. The Bertz CT molecular complexity index is 1280. The Morgan fingerprint density at radius 3 is 2.62 bits per heavy atom. The first-order valence-electron chi connectivity index (χ1n) is 12.0. The lowest BCUT2D eigenvalue weighted by molar-refractivity contribution is -0.389. The number of hydrogen-bond acceptors (Lipinski definition) is 9. The number of nitro groups is 1. The zero-order chi connectivity index (χ0) is 26.0. The van der Waals surface area contributed by atoms with E-state index in [9.17, 15) is 19.7 Å². The Morgan fingerprint density at radius 2 is 1.92 bits per heavy atom. The van der Waals surface area contributed by atoms with Crippen molar-refractivity contribution >= 4 is 17.6 Å². The van der Waals surface area contributed by atoms with Crippen LogP contribution < -0.4 is 10.1 Å². The molecule has 0 radical (unpaired) electrons. The zero-order valence-electron chi connectivity index (χ0n) is 20.3. The highest BCUT2D eigenvalue weighted by Gasteiger charge is 2.42. The van der Waals surface area contributed by atoms with Gasteiger partial charge in [0, 0.05) is 42.3 Å². The molecular weight excluding hydrogens is 478 g/mol. The molecule has 3 aromatic rings. The number of esters is 1. The highest BCUT2D eigenvalue weighted by atomic mass is 16.6. The number of ether oxygens (including phenoxy) is 2. The Balaban J connectivity index is 1.12. The van der Waals surface area contributed by atoms with Gasteiger partial charge in [-0.15, -0.1) is 0 Å². The largest absolute Gasteiger partial charge is 0.460 e. The summed E-state index contributed by atoms with van der Waals surface area (Å²) in [4.78, 5) is 41.7. The first-order valence-corrected chi connectivity index (χ1v) is 12.0.